The number of para-hydroxylation sites is 1. The second-order valence-corrected chi connectivity index (χ2v) is 4.30. The van der Waals surface area contributed by atoms with Gasteiger partial charge in [-0.25, -0.2) is 4.39 Å². The van der Waals surface area contributed by atoms with Crippen LogP contribution in [0.1, 0.15) is 11.6 Å². The van der Waals surface area contributed by atoms with Crippen LogP contribution in [0, 0.1) is 17.1 Å². The molecule has 0 heterocycles. The Morgan fingerprint density at radius 3 is 2.63 bits per heavy atom. The topological polar surface area (TPSA) is 56.0 Å². The summed E-state index contributed by atoms with van der Waals surface area (Å²) in [5.74, 6) is -1.21. The number of aromatic hydroxyl groups is 1. The van der Waals surface area contributed by atoms with Gasteiger partial charge in [-0.3, -0.25) is 0 Å². The average molecular weight is 277 g/mol. The first kappa shape index (κ1) is 13.2. The van der Waals surface area contributed by atoms with Crippen molar-refractivity contribution in [3.8, 4) is 11.8 Å². The highest BCUT2D eigenvalue weighted by Crippen LogP contribution is 2.27. The van der Waals surface area contributed by atoms with Gasteiger partial charge in [-0.2, -0.15) is 5.26 Å². The summed E-state index contributed by atoms with van der Waals surface area (Å²) in [6.45, 7) is 0. The molecular formula is C14H10ClFN2O. The first-order chi connectivity index (χ1) is 9.11. The van der Waals surface area contributed by atoms with Crippen molar-refractivity contribution < 1.29 is 9.50 Å². The Labute approximate surface area is 114 Å². The summed E-state index contributed by atoms with van der Waals surface area (Å²) in [7, 11) is 0. The molecule has 2 N–H and O–H groups in total. The molecule has 0 aliphatic rings. The molecule has 0 aromatic heterocycles. The molecule has 0 aliphatic heterocycles. The van der Waals surface area contributed by atoms with Gasteiger partial charge in [0.2, 0.25) is 0 Å². The Morgan fingerprint density at radius 1 is 1.26 bits per heavy atom. The van der Waals surface area contributed by atoms with Crippen molar-refractivity contribution in [3.05, 3.63) is 58.9 Å². The molecule has 1 unspecified atom stereocenters. The summed E-state index contributed by atoms with van der Waals surface area (Å²) < 4.78 is 13.3. The molecule has 0 saturated carbocycles. The Morgan fingerprint density at radius 2 is 2.00 bits per heavy atom. The van der Waals surface area contributed by atoms with Gasteiger partial charge in [-0.15, -0.1) is 0 Å². The van der Waals surface area contributed by atoms with Gasteiger partial charge >= 0.3 is 0 Å². The highest BCUT2D eigenvalue weighted by atomic mass is 35.5. The van der Waals surface area contributed by atoms with Crippen molar-refractivity contribution in [1.82, 2.24) is 0 Å². The third-order valence-electron chi connectivity index (χ3n) is 2.61. The van der Waals surface area contributed by atoms with Crippen molar-refractivity contribution >= 4 is 17.3 Å². The third kappa shape index (κ3) is 2.95. The summed E-state index contributed by atoms with van der Waals surface area (Å²) in [4.78, 5) is 0. The Kier molecular flexibility index (Phi) is 3.88. The number of nitriles is 1. The van der Waals surface area contributed by atoms with E-state index in [4.69, 9.17) is 22.0 Å². The summed E-state index contributed by atoms with van der Waals surface area (Å²) in [5, 5.41) is 21.7. The van der Waals surface area contributed by atoms with Crippen LogP contribution in [0.25, 0.3) is 0 Å². The zero-order valence-corrected chi connectivity index (χ0v) is 10.5. The highest BCUT2D eigenvalue weighted by molar-refractivity contribution is 6.33. The highest BCUT2D eigenvalue weighted by Gasteiger charge is 2.13. The van der Waals surface area contributed by atoms with Crippen molar-refractivity contribution in [2.75, 3.05) is 5.32 Å². The van der Waals surface area contributed by atoms with Crippen LogP contribution >= 0.6 is 11.6 Å². The van der Waals surface area contributed by atoms with Crippen LogP contribution < -0.4 is 5.32 Å². The molecule has 0 amide bonds. The van der Waals surface area contributed by atoms with Crippen LogP contribution in [0.3, 0.4) is 0 Å². The van der Waals surface area contributed by atoms with E-state index in [1.807, 2.05) is 6.07 Å². The summed E-state index contributed by atoms with van der Waals surface area (Å²) in [6.07, 6.45) is 0. The van der Waals surface area contributed by atoms with E-state index < -0.39 is 17.6 Å². The number of nitrogens with zero attached hydrogens (tertiary/aromatic N) is 1. The molecule has 0 fully saturated rings. The lowest BCUT2D eigenvalue weighted by Gasteiger charge is -2.14. The van der Waals surface area contributed by atoms with Crippen LogP contribution in [0.5, 0.6) is 5.75 Å². The van der Waals surface area contributed by atoms with Crippen molar-refractivity contribution in [1.29, 1.82) is 5.26 Å². The number of rotatable bonds is 3. The first-order valence-corrected chi connectivity index (χ1v) is 5.88. The van der Waals surface area contributed by atoms with Crippen LogP contribution in [-0.2, 0) is 0 Å². The van der Waals surface area contributed by atoms with Gasteiger partial charge in [0.05, 0.1) is 16.8 Å². The molecule has 2 aromatic carbocycles. The average Bonchev–Trinajstić information content (AvgIpc) is 2.41. The fourth-order valence-corrected chi connectivity index (χ4v) is 1.82. The van der Waals surface area contributed by atoms with Crippen molar-refractivity contribution in [2.45, 2.75) is 6.04 Å². The quantitative estimate of drug-likeness (QED) is 0.895. The lowest BCUT2D eigenvalue weighted by atomic mass is 10.1. The molecule has 0 saturated heterocycles. The molecule has 0 radical (unpaired) electrons. The van der Waals surface area contributed by atoms with Crippen LogP contribution in [-0.4, -0.2) is 5.11 Å². The standard InChI is InChI=1S/C14H10ClFN2O/c15-10-3-1-2-4-12(10)18-13(8-17)9-5-6-14(19)11(16)7-9/h1-7,13,18-19H. The van der Waals surface area contributed by atoms with Gasteiger partial charge in [-0.1, -0.05) is 29.8 Å². The number of phenolic OH excluding ortho intramolecular Hbond substituents is 1. The van der Waals surface area contributed by atoms with Crippen molar-refractivity contribution in [3.63, 3.8) is 0 Å². The minimum Gasteiger partial charge on any atom is -0.505 e. The van der Waals surface area contributed by atoms with Gasteiger partial charge in [0.15, 0.2) is 11.6 Å². The second kappa shape index (κ2) is 5.59. The lowest BCUT2D eigenvalue weighted by molar-refractivity contribution is 0.431. The van der Waals surface area contributed by atoms with E-state index in [0.29, 0.717) is 16.3 Å². The third-order valence-corrected chi connectivity index (χ3v) is 2.94. The number of anilines is 1. The summed E-state index contributed by atoms with van der Waals surface area (Å²) >= 11 is 5.98. The molecule has 0 spiro atoms. The fraction of sp³-hybridized carbons (Fsp3) is 0.0714. The predicted octanol–water partition coefficient (Wildman–Crippen LogP) is 3.86. The SMILES string of the molecule is N#CC(Nc1ccccc1Cl)c1ccc(O)c(F)c1. The molecule has 19 heavy (non-hydrogen) atoms. The minimum absolute atomic E-state index is 0.415. The molecule has 5 heteroatoms. The van der Waals surface area contributed by atoms with Gasteiger partial charge in [0, 0.05) is 0 Å². The van der Waals surface area contributed by atoms with Gasteiger partial charge < -0.3 is 10.4 Å². The monoisotopic (exact) mass is 276 g/mol. The summed E-state index contributed by atoms with van der Waals surface area (Å²) in [6, 6.07) is 12.0. The normalized spacial score (nSPS) is 11.6. The van der Waals surface area contributed by atoms with E-state index in [1.165, 1.54) is 12.1 Å². The molecule has 3 nitrogen and oxygen atoms in total. The Bertz CT molecular complexity index is 640. The number of hydrogen-bond acceptors (Lipinski definition) is 3. The number of hydrogen-bond donors (Lipinski definition) is 2. The molecule has 0 aliphatic carbocycles. The van der Waals surface area contributed by atoms with E-state index in [0.717, 1.165) is 6.07 Å². The van der Waals surface area contributed by atoms with E-state index >= 15 is 0 Å². The van der Waals surface area contributed by atoms with E-state index in [-0.39, 0.29) is 0 Å². The zero-order chi connectivity index (χ0) is 13.8. The van der Waals surface area contributed by atoms with Gasteiger partial charge in [0.1, 0.15) is 6.04 Å². The molecule has 2 aromatic rings. The second-order valence-electron chi connectivity index (χ2n) is 3.90. The van der Waals surface area contributed by atoms with Crippen LogP contribution in [0.15, 0.2) is 42.5 Å². The van der Waals surface area contributed by atoms with Crippen LogP contribution in [0.4, 0.5) is 10.1 Å². The smallest absolute Gasteiger partial charge is 0.165 e. The van der Waals surface area contributed by atoms with Crippen LogP contribution in [0.2, 0.25) is 5.02 Å². The predicted molar refractivity (Wildman–Crippen MR) is 71.5 cm³/mol. The lowest BCUT2D eigenvalue weighted by Crippen LogP contribution is -2.09. The van der Waals surface area contributed by atoms with Gasteiger partial charge in [0.25, 0.3) is 0 Å². The molecular weight excluding hydrogens is 267 g/mol. The first-order valence-electron chi connectivity index (χ1n) is 5.51. The molecule has 96 valence electrons. The number of phenols is 1. The largest absolute Gasteiger partial charge is 0.505 e. The number of benzene rings is 2. The molecule has 0 bridgehead atoms. The zero-order valence-electron chi connectivity index (χ0n) is 9.77. The maximum atomic E-state index is 13.3. The Hall–Kier alpha value is -2.25. The fourth-order valence-electron chi connectivity index (χ4n) is 1.63. The summed E-state index contributed by atoms with van der Waals surface area (Å²) in [5.41, 5.74) is 1.00. The number of halogens is 2. The minimum atomic E-state index is -0.765. The van der Waals surface area contributed by atoms with Gasteiger partial charge in [-0.05, 0) is 29.8 Å². The molecule has 2 rings (SSSR count). The maximum absolute atomic E-state index is 13.3. The maximum Gasteiger partial charge on any atom is 0.165 e. The van der Waals surface area contributed by atoms with Crippen molar-refractivity contribution in [2.24, 2.45) is 0 Å². The van der Waals surface area contributed by atoms with E-state index in [9.17, 15) is 4.39 Å². The molecule has 1 atom stereocenters. The van der Waals surface area contributed by atoms with E-state index in [1.54, 1.807) is 24.3 Å². The Balaban J connectivity index is 2.28. The number of nitrogens with one attached hydrogen (secondary N) is 1. The van der Waals surface area contributed by atoms with E-state index in [2.05, 4.69) is 5.32 Å².